The van der Waals surface area contributed by atoms with Crippen LogP contribution in [0, 0.1) is 35.5 Å². The van der Waals surface area contributed by atoms with E-state index in [-0.39, 0.29) is 92.5 Å². The van der Waals surface area contributed by atoms with Crippen molar-refractivity contribution in [2.24, 2.45) is 58.3 Å². The van der Waals surface area contributed by atoms with E-state index >= 15 is 0 Å². The molecule has 568 valence electrons. The zero-order valence-corrected chi connectivity index (χ0v) is 65.1. The molecule has 2 saturated carbocycles. The van der Waals surface area contributed by atoms with Crippen LogP contribution in [0.2, 0.25) is 10.0 Å². The van der Waals surface area contributed by atoms with Crippen LogP contribution < -0.4 is 28.7 Å². The average molecular weight is 1530 g/mol. The largest absolute Gasteiger partial charge is 0.489 e. The molecule has 14 atom stereocenters. The minimum atomic E-state index is -3.51. The quantitative estimate of drug-likeness (QED) is 0.0813. The molecule has 2 fully saturated rings. The van der Waals surface area contributed by atoms with Gasteiger partial charge in [0.05, 0.1) is 82.8 Å². The van der Waals surface area contributed by atoms with Crippen molar-refractivity contribution >= 4 is 77.7 Å². The summed E-state index contributed by atoms with van der Waals surface area (Å²) in [5.74, 6) is -0.855. The Hall–Kier alpha value is -7.56. The standard InChI is InChI=1S/2C39H48ClN5O7S/c2*1-24-20-53(48,21-32(46)29-19-44(2)42-38(29)51-5)43-37(47)31-12-13-35-36(41-31)45(18-26-8-10-28(26)34(50-4)15-14-33(24)49-3)22-39(23-52-35)16-6-7-25-17-27(40)9-11-30(25)39/h2*9,11-15,17,19,24,26,28,33-34H,6-8,10,16,18,20-23H2,1-5H3/b2*15-14+/t24-,26+,28-,33+,34+,39+,53-;24-,26+,28-,33-,34+,39+,53-/m11/s1. The smallest absolute Gasteiger partial charge is 0.303 e. The third kappa shape index (κ3) is 16.0. The van der Waals surface area contributed by atoms with Gasteiger partial charge in [0, 0.05) is 113 Å². The lowest BCUT2D eigenvalue weighted by molar-refractivity contribution is 0.0119. The Morgan fingerprint density at radius 1 is 0.557 bits per heavy atom. The number of benzene rings is 2. The molecule has 2 amide bonds. The molecule has 106 heavy (non-hydrogen) atoms. The Balaban J connectivity index is 0.000000188. The first kappa shape index (κ1) is 76.6. The number of methoxy groups -OCH3 is 6. The summed E-state index contributed by atoms with van der Waals surface area (Å²) < 4.78 is 89.0. The normalized spacial score (nSPS) is 30.6. The summed E-state index contributed by atoms with van der Waals surface area (Å²) in [6.45, 7) is 7.30. The van der Waals surface area contributed by atoms with Crippen LogP contribution in [-0.2, 0) is 76.2 Å². The summed E-state index contributed by atoms with van der Waals surface area (Å²) >= 11 is 12.9. The Morgan fingerprint density at radius 3 is 1.32 bits per heavy atom. The highest BCUT2D eigenvalue weighted by Gasteiger charge is 2.48. The molecule has 4 bridgehead atoms. The van der Waals surface area contributed by atoms with Crippen molar-refractivity contribution in [3.05, 3.63) is 152 Å². The number of nitrogens with zero attached hydrogens (tertiary/aromatic N) is 10. The van der Waals surface area contributed by atoms with Gasteiger partial charge in [-0.1, -0.05) is 73.5 Å². The van der Waals surface area contributed by atoms with Gasteiger partial charge in [0.25, 0.3) is 0 Å². The number of hydrogen-bond acceptors (Lipinski definition) is 20. The molecule has 0 N–H and O–H groups in total. The summed E-state index contributed by atoms with van der Waals surface area (Å²) in [6, 6.07) is 19.0. The molecule has 28 heteroatoms. The van der Waals surface area contributed by atoms with E-state index < -0.39 is 66.6 Å². The maximum Gasteiger partial charge on any atom is 0.303 e. The number of ether oxygens (including phenoxy) is 8. The van der Waals surface area contributed by atoms with Crippen molar-refractivity contribution in [3.8, 4) is 23.3 Å². The molecule has 14 rings (SSSR count). The fourth-order valence-corrected chi connectivity index (χ4v) is 22.2. The number of aryl methyl sites for hydroxylation is 4. The first-order valence-corrected chi connectivity index (χ1v) is 40.9. The number of amides is 2. The van der Waals surface area contributed by atoms with Crippen LogP contribution in [0.25, 0.3) is 0 Å². The third-order valence-electron chi connectivity index (χ3n) is 22.9. The van der Waals surface area contributed by atoms with Gasteiger partial charge in [-0.25, -0.2) is 18.4 Å². The summed E-state index contributed by atoms with van der Waals surface area (Å²) in [5, 5.41) is 9.80. The Kier molecular flexibility index (Phi) is 23.1. The molecular weight excluding hydrogens is 1440 g/mol. The lowest BCUT2D eigenvalue weighted by atomic mass is 9.68. The van der Waals surface area contributed by atoms with Crippen molar-refractivity contribution in [3.63, 3.8) is 0 Å². The van der Waals surface area contributed by atoms with E-state index in [9.17, 15) is 27.6 Å². The number of pyridine rings is 2. The molecule has 2 spiro atoms. The van der Waals surface area contributed by atoms with Crippen LogP contribution in [0.1, 0.15) is 129 Å². The third-order valence-corrected chi connectivity index (χ3v) is 27.9. The predicted octanol–water partition coefficient (Wildman–Crippen LogP) is 11.4. The van der Waals surface area contributed by atoms with E-state index in [0.29, 0.717) is 74.4 Å². The van der Waals surface area contributed by atoms with E-state index in [0.717, 1.165) is 74.3 Å². The van der Waals surface area contributed by atoms with Crippen molar-refractivity contribution in [2.45, 2.75) is 113 Å². The first-order valence-electron chi connectivity index (χ1n) is 36.5. The molecule has 4 aromatic heterocycles. The maximum absolute atomic E-state index is 14.9. The molecule has 24 nitrogen and oxygen atoms in total. The summed E-state index contributed by atoms with van der Waals surface area (Å²) in [6.07, 6.45) is 19.5. The monoisotopic (exact) mass is 1530 g/mol. The van der Waals surface area contributed by atoms with Crippen LogP contribution in [0.3, 0.4) is 0 Å². The van der Waals surface area contributed by atoms with Gasteiger partial charge in [-0.05, 0) is 171 Å². The molecule has 8 heterocycles. The maximum atomic E-state index is 14.9. The van der Waals surface area contributed by atoms with E-state index in [4.69, 9.17) is 71.1 Å². The summed E-state index contributed by atoms with van der Waals surface area (Å²) in [4.78, 5) is 70.0. The number of ketones is 2. The minimum Gasteiger partial charge on any atom is -0.489 e. The zero-order valence-electron chi connectivity index (χ0n) is 61.9. The van der Waals surface area contributed by atoms with Gasteiger partial charge < -0.3 is 47.7 Å². The average Bonchev–Trinajstić information content (AvgIpc) is 1.08. The fourth-order valence-electron chi connectivity index (χ4n) is 17.4. The molecular formula is C78H96Cl2N10O14S2. The Labute approximate surface area is 630 Å². The summed E-state index contributed by atoms with van der Waals surface area (Å²) in [5.41, 5.74) is 4.68. The van der Waals surface area contributed by atoms with Crippen LogP contribution in [0.4, 0.5) is 11.6 Å². The summed E-state index contributed by atoms with van der Waals surface area (Å²) in [7, 11) is 5.78. The van der Waals surface area contributed by atoms with Crippen molar-refractivity contribution in [1.82, 2.24) is 29.5 Å². The van der Waals surface area contributed by atoms with Crippen LogP contribution >= 0.6 is 23.2 Å². The second-order valence-electron chi connectivity index (χ2n) is 30.0. The van der Waals surface area contributed by atoms with E-state index in [1.807, 2.05) is 50.3 Å². The topological polar surface area (TPSA) is 269 Å². The van der Waals surface area contributed by atoms with Crippen molar-refractivity contribution in [2.75, 3.05) is 115 Å². The van der Waals surface area contributed by atoms with Gasteiger partial charge in [0.1, 0.15) is 22.5 Å². The van der Waals surface area contributed by atoms with E-state index in [1.165, 1.54) is 58.2 Å². The molecule has 0 saturated heterocycles. The van der Waals surface area contributed by atoms with Crippen LogP contribution in [-0.4, -0.2) is 191 Å². The van der Waals surface area contributed by atoms with Gasteiger partial charge >= 0.3 is 11.8 Å². The molecule has 2 aromatic carbocycles. The molecule has 6 aromatic rings. The van der Waals surface area contributed by atoms with E-state index in [1.54, 1.807) is 66.8 Å². The second kappa shape index (κ2) is 31.9. The van der Waals surface area contributed by atoms with Gasteiger partial charge in [-0.2, -0.15) is 8.73 Å². The number of fused-ring (bicyclic) bond motifs is 8. The number of carbonyl (C=O) groups excluding carboxylic acids is 4. The molecule has 4 aliphatic heterocycles. The fraction of sp³-hybridized carbons (Fsp3) is 0.538. The number of aromatic nitrogens is 6. The minimum absolute atomic E-state index is 0.0334. The van der Waals surface area contributed by atoms with Crippen LogP contribution in [0.15, 0.2) is 106 Å². The number of hydrogen-bond donors (Lipinski definition) is 0. The molecule has 0 unspecified atom stereocenters. The highest BCUT2D eigenvalue weighted by molar-refractivity contribution is 7.94. The van der Waals surface area contributed by atoms with Crippen LogP contribution in [0.5, 0.6) is 23.3 Å². The second-order valence-corrected chi connectivity index (χ2v) is 35.6. The lowest BCUT2D eigenvalue weighted by Gasteiger charge is -2.45. The Morgan fingerprint density at radius 2 is 0.953 bits per heavy atom. The molecule has 4 aliphatic carbocycles. The predicted molar refractivity (Wildman–Crippen MR) is 406 cm³/mol. The highest BCUT2D eigenvalue weighted by atomic mass is 35.5. The van der Waals surface area contributed by atoms with E-state index in [2.05, 4.69) is 53.0 Å². The highest BCUT2D eigenvalue weighted by Crippen LogP contribution is 2.49. The zero-order chi connectivity index (χ0) is 75.0. The van der Waals surface area contributed by atoms with Gasteiger partial charge in [-0.3, -0.25) is 28.5 Å². The first-order chi connectivity index (χ1) is 50.9. The Bertz CT molecular complexity index is 4370. The SMILES string of the molecule is COc1nn(C)cc1C(=O)C[S@@]1(=O)=NC(=O)c2ccc3c(n2)N(C[C@@H]2CC[C@H]2[C@@H](OC)/C=C/[C@@H](OC)[C@H](C)C1)C[C@@]1(CCCc2cc(Cl)ccc21)CO3.COc1nn(C)cc1C(=O)C[S@@]1(=O)=NC(=O)c2ccc3c(n2)N(C[C@@H]2CC[C@H]2[C@@H](OC)/C=C/[C@H](OC)[C@H](C)C1)C[C@@]1(CCCc2cc(Cl)ccc21)CO3. The van der Waals surface area contributed by atoms with Crippen molar-refractivity contribution < 1.29 is 65.5 Å². The number of rotatable bonds is 12. The van der Waals surface area contributed by atoms with Gasteiger partial charge in [0.2, 0.25) is 11.8 Å². The molecule has 0 radical (unpaired) electrons. The number of carbonyl (C=O) groups is 4. The van der Waals surface area contributed by atoms with Gasteiger partial charge in [0.15, 0.2) is 34.7 Å². The molecule has 8 aliphatic rings. The lowest BCUT2D eigenvalue weighted by Crippen LogP contribution is -2.49. The number of halogens is 2. The van der Waals surface area contributed by atoms with Gasteiger partial charge in [-0.15, -0.1) is 10.2 Å². The van der Waals surface area contributed by atoms with Crippen molar-refractivity contribution in [1.29, 1.82) is 0 Å². The number of anilines is 2. The number of Topliss-reactive ketones (excluding diaryl/α,β-unsaturated/α-hetero) is 2.